The lowest BCUT2D eigenvalue weighted by molar-refractivity contribution is -0.119. The molecule has 1 aromatic heterocycles. The van der Waals surface area contributed by atoms with Gasteiger partial charge in [0.25, 0.3) is 5.91 Å². The van der Waals surface area contributed by atoms with Crippen molar-refractivity contribution in [3.63, 3.8) is 0 Å². The van der Waals surface area contributed by atoms with Gasteiger partial charge >= 0.3 is 5.97 Å². The zero-order valence-corrected chi connectivity index (χ0v) is 20.4. The predicted octanol–water partition coefficient (Wildman–Crippen LogP) is 5.29. The summed E-state index contributed by atoms with van der Waals surface area (Å²) < 4.78 is 1.82. The number of unbranched alkanes of at least 4 members (excludes halogenated alkanes) is 2. The van der Waals surface area contributed by atoms with E-state index >= 15 is 0 Å². The molecule has 0 fully saturated rings. The molecule has 3 aromatic rings. The minimum absolute atomic E-state index is 0.0153. The van der Waals surface area contributed by atoms with Crippen LogP contribution in [-0.4, -0.2) is 50.5 Å². The molecular formula is C27H28ClN3O4. The summed E-state index contributed by atoms with van der Waals surface area (Å²) >= 11 is 6.02. The number of ketones is 1. The quantitative estimate of drug-likeness (QED) is 0.387. The Balaban J connectivity index is 1.55. The molecule has 1 amide bonds. The van der Waals surface area contributed by atoms with Gasteiger partial charge in [0.2, 0.25) is 0 Å². The first-order chi connectivity index (χ1) is 16.9. The van der Waals surface area contributed by atoms with E-state index in [4.69, 9.17) is 16.7 Å². The predicted molar refractivity (Wildman–Crippen MR) is 134 cm³/mol. The second-order valence-electron chi connectivity index (χ2n) is 8.92. The molecule has 1 aliphatic heterocycles. The Kier molecular flexibility index (Phi) is 7.66. The fourth-order valence-corrected chi connectivity index (χ4v) is 4.59. The highest BCUT2D eigenvalue weighted by molar-refractivity contribution is 6.30. The number of hydrogen-bond acceptors (Lipinski definition) is 4. The van der Waals surface area contributed by atoms with E-state index in [0.29, 0.717) is 28.5 Å². The van der Waals surface area contributed by atoms with Gasteiger partial charge in [0.15, 0.2) is 5.78 Å². The molecule has 0 saturated heterocycles. The molecule has 0 radical (unpaired) electrons. The Morgan fingerprint density at radius 3 is 2.60 bits per heavy atom. The SMILES string of the molecule is CCCCCC1CN(CC(=O)Cc2cccc(C(=O)O)c2)C(=O)c2cc(-c3ccc(Cl)cc3)nn21. The molecule has 4 rings (SSSR count). The van der Waals surface area contributed by atoms with Crippen molar-refractivity contribution in [3.05, 3.63) is 76.4 Å². The number of carboxylic acid groups (broad SMARTS) is 1. The van der Waals surface area contributed by atoms with Crippen molar-refractivity contribution in [1.29, 1.82) is 0 Å². The van der Waals surface area contributed by atoms with Crippen LogP contribution in [-0.2, 0) is 11.2 Å². The standard InChI is InChI=1S/C27H28ClN3O4/c1-2-3-4-8-22-16-30(17-23(32)14-18-6-5-7-20(13-18)27(34)35)26(33)25-15-24(29-31(22)25)19-9-11-21(28)12-10-19/h5-7,9-13,15,22H,2-4,8,14,16-17H2,1H3,(H,34,35). The molecule has 2 heterocycles. The topological polar surface area (TPSA) is 92.5 Å². The second kappa shape index (κ2) is 10.9. The van der Waals surface area contributed by atoms with Crippen molar-refractivity contribution in [1.82, 2.24) is 14.7 Å². The molecule has 8 heteroatoms. The van der Waals surface area contributed by atoms with Crippen LogP contribution < -0.4 is 0 Å². The lowest BCUT2D eigenvalue weighted by Crippen LogP contribution is -2.45. The van der Waals surface area contributed by atoms with Crippen LogP contribution in [0.4, 0.5) is 0 Å². The number of nitrogens with zero attached hydrogens (tertiary/aromatic N) is 3. The molecule has 0 bridgehead atoms. The van der Waals surface area contributed by atoms with Crippen LogP contribution in [0.2, 0.25) is 5.02 Å². The van der Waals surface area contributed by atoms with Crippen LogP contribution in [0.25, 0.3) is 11.3 Å². The molecule has 7 nitrogen and oxygen atoms in total. The number of hydrogen-bond donors (Lipinski definition) is 1. The summed E-state index contributed by atoms with van der Waals surface area (Å²) in [6.45, 7) is 2.53. The van der Waals surface area contributed by atoms with E-state index in [-0.39, 0.29) is 36.3 Å². The van der Waals surface area contributed by atoms with Crippen molar-refractivity contribution in [2.24, 2.45) is 0 Å². The number of carbonyl (C=O) groups is 3. The number of aromatic carboxylic acids is 1. The zero-order chi connectivity index (χ0) is 24.9. The molecule has 182 valence electrons. The van der Waals surface area contributed by atoms with Crippen molar-refractivity contribution < 1.29 is 19.5 Å². The van der Waals surface area contributed by atoms with Gasteiger partial charge in [0.1, 0.15) is 5.69 Å². The number of carboxylic acids is 1. The summed E-state index contributed by atoms with van der Waals surface area (Å²) in [4.78, 5) is 39.0. The molecule has 1 aliphatic rings. The molecule has 2 aromatic carbocycles. The fourth-order valence-electron chi connectivity index (χ4n) is 4.46. The number of fused-ring (bicyclic) bond motifs is 1. The number of benzene rings is 2. The third kappa shape index (κ3) is 5.80. The average Bonchev–Trinajstić information content (AvgIpc) is 3.28. The van der Waals surface area contributed by atoms with Crippen LogP contribution in [0.15, 0.2) is 54.6 Å². The first-order valence-corrected chi connectivity index (χ1v) is 12.2. The van der Waals surface area contributed by atoms with Crippen LogP contribution in [0, 0.1) is 0 Å². The maximum atomic E-state index is 13.3. The smallest absolute Gasteiger partial charge is 0.335 e. The van der Waals surface area contributed by atoms with Gasteiger partial charge in [-0.25, -0.2) is 4.79 Å². The number of rotatable bonds is 10. The first kappa shape index (κ1) is 24.7. The van der Waals surface area contributed by atoms with Gasteiger partial charge in [-0.3, -0.25) is 14.3 Å². The van der Waals surface area contributed by atoms with E-state index in [1.165, 1.54) is 12.1 Å². The number of amides is 1. The fraction of sp³-hybridized carbons (Fsp3) is 0.333. The van der Waals surface area contributed by atoms with E-state index in [1.54, 1.807) is 35.2 Å². The van der Waals surface area contributed by atoms with Crippen LogP contribution >= 0.6 is 11.6 Å². The normalized spacial score (nSPS) is 15.2. The van der Waals surface area contributed by atoms with Gasteiger partial charge in [-0.05, 0) is 42.3 Å². The van der Waals surface area contributed by atoms with Gasteiger partial charge in [-0.1, -0.05) is 62.1 Å². The maximum Gasteiger partial charge on any atom is 0.335 e. The minimum atomic E-state index is -1.04. The minimum Gasteiger partial charge on any atom is -0.478 e. The van der Waals surface area contributed by atoms with Gasteiger partial charge < -0.3 is 10.0 Å². The van der Waals surface area contributed by atoms with Gasteiger partial charge in [-0.15, -0.1) is 0 Å². The van der Waals surface area contributed by atoms with Crippen LogP contribution in [0.1, 0.15) is 65.1 Å². The maximum absolute atomic E-state index is 13.3. The summed E-state index contributed by atoms with van der Waals surface area (Å²) in [5, 5.41) is 14.6. The van der Waals surface area contributed by atoms with E-state index in [1.807, 2.05) is 16.8 Å². The number of aromatic nitrogens is 2. The molecule has 0 aliphatic carbocycles. The van der Waals surface area contributed by atoms with Crippen molar-refractivity contribution in [2.75, 3.05) is 13.1 Å². The van der Waals surface area contributed by atoms with Gasteiger partial charge in [-0.2, -0.15) is 5.10 Å². The van der Waals surface area contributed by atoms with Crippen LogP contribution in [0.3, 0.4) is 0 Å². The number of halogens is 1. The van der Waals surface area contributed by atoms with E-state index in [0.717, 1.165) is 31.2 Å². The average molecular weight is 494 g/mol. The summed E-state index contributed by atoms with van der Waals surface area (Å²) in [5.41, 5.74) is 2.80. The molecule has 0 saturated carbocycles. The highest BCUT2D eigenvalue weighted by Crippen LogP contribution is 2.30. The van der Waals surface area contributed by atoms with Crippen molar-refractivity contribution in [3.8, 4) is 11.3 Å². The van der Waals surface area contributed by atoms with E-state index < -0.39 is 5.97 Å². The molecule has 0 spiro atoms. The molecule has 1 unspecified atom stereocenters. The lowest BCUT2D eigenvalue weighted by Gasteiger charge is -2.33. The molecule has 1 N–H and O–H groups in total. The molecule has 1 atom stereocenters. The molecular weight excluding hydrogens is 466 g/mol. The number of Topliss-reactive ketones (excluding diaryl/α,β-unsaturated/α-hetero) is 1. The highest BCUT2D eigenvalue weighted by atomic mass is 35.5. The zero-order valence-electron chi connectivity index (χ0n) is 19.6. The van der Waals surface area contributed by atoms with Crippen LogP contribution in [0.5, 0.6) is 0 Å². The lowest BCUT2D eigenvalue weighted by atomic mass is 10.0. The Labute approximate surface area is 209 Å². The van der Waals surface area contributed by atoms with E-state index in [9.17, 15) is 19.5 Å². The van der Waals surface area contributed by atoms with Crippen molar-refractivity contribution >= 4 is 29.3 Å². The summed E-state index contributed by atoms with van der Waals surface area (Å²) in [6.07, 6.45) is 4.12. The van der Waals surface area contributed by atoms with Gasteiger partial charge in [0, 0.05) is 23.6 Å². The Bertz CT molecular complexity index is 1240. The monoisotopic (exact) mass is 493 g/mol. The van der Waals surface area contributed by atoms with Crippen molar-refractivity contribution in [2.45, 2.75) is 45.1 Å². The number of carbonyl (C=O) groups excluding carboxylic acids is 2. The third-order valence-electron chi connectivity index (χ3n) is 6.24. The highest BCUT2D eigenvalue weighted by Gasteiger charge is 2.33. The van der Waals surface area contributed by atoms with E-state index in [2.05, 4.69) is 6.92 Å². The van der Waals surface area contributed by atoms with Gasteiger partial charge in [0.05, 0.1) is 23.8 Å². The Morgan fingerprint density at radius 2 is 1.89 bits per heavy atom. The first-order valence-electron chi connectivity index (χ1n) is 11.8. The summed E-state index contributed by atoms with van der Waals surface area (Å²) in [6, 6.07) is 15.4. The summed E-state index contributed by atoms with van der Waals surface area (Å²) in [7, 11) is 0. The Hall–Kier alpha value is -3.45. The Morgan fingerprint density at radius 1 is 1.11 bits per heavy atom. The molecule has 35 heavy (non-hydrogen) atoms. The largest absolute Gasteiger partial charge is 0.478 e. The third-order valence-corrected chi connectivity index (χ3v) is 6.49. The summed E-state index contributed by atoms with van der Waals surface area (Å²) in [5.74, 6) is -1.40. The second-order valence-corrected chi connectivity index (χ2v) is 9.36.